The predicted octanol–water partition coefficient (Wildman–Crippen LogP) is 1.46. The van der Waals surface area contributed by atoms with Crippen molar-refractivity contribution < 1.29 is 9.91 Å². The standard InChI is InChI=1S/C12H12N4O2/c17-16(18)11-2-1-6-14-12(11)15-9-5-10-3-7-13-8-4-10/h1-4,6-8H,5,9H2,(H,14,15)/p+1. The van der Waals surface area contributed by atoms with E-state index in [1.165, 1.54) is 6.07 Å². The molecule has 0 spiro atoms. The van der Waals surface area contributed by atoms with Crippen LogP contribution in [0.4, 0.5) is 11.5 Å². The SMILES string of the molecule is O=[N+]([O-])c1ccc[nH+]c1NCCc1ccncc1. The van der Waals surface area contributed by atoms with Gasteiger partial charge in [0, 0.05) is 24.9 Å². The van der Waals surface area contributed by atoms with Crippen molar-refractivity contribution in [2.45, 2.75) is 6.42 Å². The Morgan fingerprint density at radius 3 is 2.83 bits per heavy atom. The van der Waals surface area contributed by atoms with Gasteiger partial charge in [-0.05, 0) is 23.8 Å². The summed E-state index contributed by atoms with van der Waals surface area (Å²) in [5.41, 5.74) is 1.18. The number of hydrogen-bond donors (Lipinski definition) is 1. The second-order valence-electron chi connectivity index (χ2n) is 3.72. The third kappa shape index (κ3) is 3.00. The minimum absolute atomic E-state index is 0.0484. The molecule has 2 aromatic heterocycles. The Balaban J connectivity index is 1.97. The number of rotatable bonds is 5. The van der Waals surface area contributed by atoms with Gasteiger partial charge in [-0.1, -0.05) is 0 Å². The first kappa shape index (κ1) is 12.0. The fourth-order valence-corrected chi connectivity index (χ4v) is 1.60. The first-order valence-electron chi connectivity index (χ1n) is 5.55. The fourth-order valence-electron chi connectivity index (χ4n) is 1.60. The normalized spacial score (nSPS) is 10.0. The maximum absolute atomic E-state index is 10.8. The van der Waals surface area contributed by atoms with E-state index in [2.05, 4.69) is 15.3 Å². The number of hydrogen-bond acceptors (Lipinski definition) is 4. The Labute approximate surface area is 104 Å². The van der Waals surface area contributed by atoms with E-state index in [4.69, 9.17) is 0 Å². The highest BCUT2D eigenvalue weighted by atomic mass is 16.6. The summed E-state index contributed by atoms with van der Waals surface area (Å²) in [6, 6.07) is 6.91. The van der Waals surface area contributed by atoms with Gasteiger partial charge in [0.05, 0.1) is 17.7 Å². The molecule has 0 bridgehead atoms. The molecule has 0 atom stereocenters. The van der Waals surface area contributed by atoms with E-state index >= 15 is 0 Å². The van der Waals surface area contributed by atoms with E-state index in [1.807, 2.05) is 12.1 Å². The zero-order valence-electron chi connectivity index (χ0n) is 9.67. The lowest BCUT2D eigenvalue weighted by atomic mass is 10.2. The Bertz CT molecular complexity index is 531. The van der Waals surface area contributed by atoms with Crippen molar-refractivity contribution in [3.63, 3.8) is 0 Å². The van der Waals surface area contributed by atoms with Crippen molar-refractivity contribution >= 4 is 11.5 Å². The number of nitro groups is 1. The molecule has 0 amide bonds. The molecule has 0 aliphatic carbocycles. The molecule has 0 fully saturated rings. The van der Waals surface area contributed by atoms with Crippen LogP contribution in [0.2, 0.25) is 0 Å². The van der Waals surface area contributed by atoms with E-state index in [0.29, 0.717) is 12.4 Å². The lowest BCUT2D eigenvalue weighted by Gasteiger charge is -2.00. The average molecular weight is 245 g/mol. The number of pyridine rings is 2. The van der Waals surface area contributed by atoms with Gasteiger partial charge in [-0.25, -0.2) is 4.98 Å². The van der Waals surface area contributed by atoms with Crippen molar-refractivity contribution in [2.75, 3.05) is 11.9 Å². The van der Waals surface area contributed by atoms with Crippen LogP contribution in [-0.4, -0.2) is 16.5 Å². The van der Waals surface area contributed by atoms with Gasteiger partial charge in [0.25, 0.3) is 0 Å². The van der Waals surface area contributed by atoms with Gasteiger partial charge in [-0.15, -0.1) is 0 Å². The van der Waals surface area contributed by atoms with Gasteiger partial charge in [-0.2, -0.15) is 0 Å². The molecule has 0 aromatic carbocycles. The number of nitrogens with one attached hydrogen (secondary N) is 2. The van der Waals surface area contributed by atoms with Crippen molar-refractivity contribution in [2.24, 2.45) is 0 Å². The van der Waals surface area contributed by atoms with Crippen molar-refractivity contribution in [1.29, 1.82) is 0 Å². The van der Waals surface area contributed by atoms with Gasteiger partial charge < -0.3 is 0 Å². The number of nitrogens with zero attached hydrogens (tertiary/aromatic N) is 2. The molecule has 2 N–H and O–H groups in total. The third-order valence-corrected chi connectivity index (χ3v) is 2.50. The van der Waals surface area contributed by atoms with E-state index in [9.17, 15) is 10.1 Å². The van der Waals surface area contributed by atoms with Gasteiger partial charge in [0.15, 0.2) is 0 Å². The van der Waals surface area contributed by atoms with Crippen LogP contribution in [0.15, 0.2) is 42.9 Å². The van der Waals surface area contributed by atoms with Crippen LogP contribution < -0.4 is 10.3 Å². The zero-order valence-corrected chi connectivity index (χ0v) is 9.67. The van der Waals surface area contributed by atoms with E-state index < -0.39 is 4.92 Å². The third-order valence-electron chi connectivity index (χ3n) is 2.50. The summed E-state index contributed by atoms with van der Waals surface area (Å²) in [6.07, 6.45) is 5.89. The van der Waals surface area contributed by atoms with Crippen molar-refractivity contribution in [3.8, 4) is 0 Å². The predicted molar refractivity (Wildman–Crippen MR) is 66.1 cm³/mol. The fraction of sp³-hybridized carbons (Fsp3) is 0.167. The molecule has 0 saturated carbocycles. The molecule has 2 rings (SSSR count). The summed E-state index contributed by atoms with van der Waals surface area (Å²) in [4.78, 5) is 17.2. The number of anilines is 1. The molecule has 2 aromatic rings. The molecule has 0 aliphatic rings. The second-order valence-corrected chi connectivity index (χ2v) is 3.72. The maximum Gasteiger partial charge on any atom is 0.357 e. The first-order chi connectivity index (χ1) is 8.77. The molecule has 0 unspecified atom stereocenters. The van der Waals surface area contributed by atoms with E-state index in [1.54, 1.807) is 24.7 Å². The van der Waals surface area contributed by atoms with Gasteiger partial charge in [-0.3, -0.25) is 20.4 Å². The van der Waals surface area contributed by atoms with Crippen LogP contribution >= 0.6 is 0 Å². The molecule has 18 heavy (non-hydrogen) atoms. The Kier molecular flexibility index (Phi) is 3.80. The second kappa shape index (κ2) is 5.72. The van der Waals surface area contributed by atoms with Gasteiger partial charge >= 0.3 is 11.5 Å². The molecule has 6 nitrogen and oxygen atoms in total. The van der Waals surface area contributed by atoms with Crippen LogP contribution in [0.1, 0.15) is 5.56 Å². The van der Waals surface area contributed by atoms with E-state index in [0.717, 1.165) is 12.0 Å². The number of aromatic amines is 1. The molecule has 92 valence electrons. The minimum atomic E-state index is -0.411. The Morgan fingerprint density at radius 1 is 1.33 bits per heavy atom. The molecular formula is C12H13N4O2+. The van der Waals surface area contributed by atoms with Crippen LogP contribution in [0.5, 0.6) is 0 Å². The van der Waals surface area contributed by atoms with Crippen molar-refractivity contribution in [1.82, 2.24) is 4.98 Å². The topological polar surface area (TPSA) is 82.2 Å². The highest BCUT2D eigenvalue weighted by Gasteiger charge is 2.18. The summed E-state index contributed by atoms with van der Waals surface area (Å²) in [5, 5.41) is 13.8. The summed E-state index contributed by atoms with van der Waals surface area (Å²) < 4.78 is 0. The molecule has 0 aliphatic heterocycles. The molecule has 0 radical (unpaired) electrons. The van der Waals surface area contributed by atoms with Gasteiger partial charge in [0.1, 0.15) is 0 Å². The molecule has 6 heteroatoms. The molecular weight excluding hydrogens is 232 g/mol. The number of H-pyrrole nitrogens is 1. The smallest absolute Gasteiger partial charge is 0.268 e. The first-order valence-corrected chi connectivity index (χ1v) is 5.55. The minimum Gasteiger partial charge on any atom is -0.268 e. The van der Waals surface area contributed by atoms with E-state index in [-0.39, 0.29) is 5.69 Å². The molecule has 0 saturated heterocycles. The lowest BCUT2D eigenvalue weighted by molar-refractivity contribution is -0.409. The Morgan fingerprint density at radius 2 is 2.11 bits per heavy atom. The summed E-state index contributed by atoms with van der Waals surface area (Å²) >= 11 is 0. The van der Waals surface area contributed by atoms with Crippen LogP contribution in [0.25, 0.3) is 0 Å². The highest BCUT2D eigenvalue weighted by molar-refractivity contribution is 5.50. The summed E-state index contributed by atoms with van der Waals surface area (Å²) in [5.74, 6) is 0.427. The monoisotopic (exact) mass is 245 g/mol. The van der Waals surface area contributed by atoms with Crippen molar-refractivity contribution in [3.05, 3.63) is 58.5 Å². The van der Waals surface area contributed by atoms with Gasteiger partial charge in [0.2, 0.25) is 0 Å². The number of aromatic nitrogens is 2. The molecule has 2 heterocycles. The highest BCUT2D eigenvalue weighted by Crippen LogP contribution is 2.17. The quantitative estimate of drug-likeness (QED) is 0.638. The lowest BCUT2D eigenvalue weighted by Crippen LogP contribution is -2.16. The maximum atomic E-state index is 10.8. The average Bonchev–Trinajstić information content (AvgIpc) is 2.40. The largest absolute Gasteiger partial charge is 0.357 e. The van der Waals surface area contributed by atoms with Crippen LogP contribution in [0, 0.1) is 10.1 Å². The Hall–Kier alpha value is -2.50. The zero-order chi connectivity index (χ0) is 12.8. The van der Waals surface area contributed by atoms with Crippen LogP contribution in [0.3, 0.4) is 0 Å². The summed E-state index contributed by atoms with van der Waals surface area (Å²) in [6.45, 7) is 0.616. The van der Waals surface area contributed by atoms with Crippen LogP contribution in [-0.2, 0) is 6.42 Å². The summed E-state index contributed by atoms with van der Waals surface area (Å²) in [7, 11) is 0.